The van der Waals surface area contributed by atoms with Gasteiger partial charge in [0.25, 0.3) is 0 Å². The Bertz CT molecular complexity index is 289. The minimum atomic E-state index is -0.117. The second-order valence-electron chi connectivity index (χ2n) is 2.34. The Kier molecular flexibility index (Phi) is 4.11. The maximum absolute atomic E-state index is 11.1. The van der Waals surface area contributed by atoms with Gasteiger partial charge in [-0.2, -0.15) is 0 Å². The summed E-state index contributed by atoms with van der Waals surface area (Å²) in [6, 6.07) is 0. The molecule has 1 aromatic rings. The van der Waals surface area contributed by atoms with Gasteiger partial charge in [0.2, 0.25) is 11.0 Å². The van der Waals surface area contributed by atoms with Crippen molar-refractivity contribution >= 4 is 34.0 Å². The molecule has 1 rings (SSSR count). The van der Waals surface area contributed by atoms with Crippen LogP contribution in [0.2, 0.25) is 0 Å². The minimum Gasteiger partial charge on any atom is -0.300 e. The monoisotopic (exact) mass is 219 g/mol. The lowest BCUT2D eigenvalue weighted by Gasteiger charge is -1.95. The van der Waals surface area contributed by atoms with Gasteiger partial charge in [-0.25, -0.2) is 0 Å². The zero-order valence-corrected chi connectivity index (χ0v) is 8.78. The molecule has 0 bridgehead atoms. The van der Waals surface area contributed by atoms with Crippen LogP contribution in [0, 0.1) is 0 Å². The number of carbonyl (C=O) groups is 1. The predicted molar refractivity (Wildman–Crippen MR) is 53.3 cm³/mol. The summed E-state index contributed by atoms with van der Waals surface area (Å²) >= 11 is 6.79. The van der Waals surface area contributed by atoms with E-state index in [0.717, 1.165) is 11.4 Å². The molecule has 0 fully saturated rings. The molecule has 72 valence electrons. The summed E-state index contributed by atoms with van der Waals surface area (Å²) in [7, 11) is 0. The van der Waals surface area contributed by atoms with Crippen molar-refractivity contribution in [3.8, 4) is 0 Å². The van der Waals surface area contributed by atoms with Crippen molar-refractivity contribution in [2.75, 3.05) is 11.2 Å². The summed E-state index contributed by atoms with van der Waals surface area (Å²) in [4.78, 5) is 11.1. The number of aryl methyl sites for hydroxylation is 1. The Morgan fingerprint density at radius 3 is 2.92 bits per heavy atom. The first-order chi connectivity index (χ1) is 6.26. The molecule has 6 heteroatoms. The SMILES string of the molecule is CCc1nnc(NC(=O)CCCl)s1. The van der Waals surface area contributed by atoms with Crippen LogP contribution in [0.4, 0.5) is 5.13 Å². The van der Waals surface area contributed by atoms with Crippen LogP contribution >= 0.6 is 22.9 Å². The molecule has 0 aliphatic heterocycles. The molecule has 1 amide bonds. The summed E-state index contributed by atoms with van der Waals surface area (Å²) < 4.78 is 0. The van der Waals surface area contributed by atoms with Crippen molar-refractivity contribution in [1.82, 2.24) is 10.2 Å². The normalized spacial score (nSPS) is 10.0. The Morgan fingerprint density at radius 2 is 2.38 bits per heavy atom. The molecule has 0 aliphatic rings. The van der Waals surface area contributed by atoms with Crippen molar-refractivity contribution in [1.29, 1.82) is 0 Å². The highest BCUT2D eigenvalue weighted by Gasteiger charge is 2.05. The molecule has 0 saturated heterocycles. The van der Waals surface area contributed by atoms with Gasteiger partial charge in [-0.1, -0.05) is 18.3 Å². The highest BCUT2D eigenvalue weighted by Crippen LogP contribution is 2.15. The first kappa shape index (κ1) is 10.4. The van der Waals surface area contributed by atoms with E-state index in [0.29, 0.717) is 17.4 Å². The van der Waals surface area contributed by atoms with Gasteiger partial charge in [-0.05, 0) is 6.42 Å². The first-order valence-corrected chi connectivity index (χ1v) is 5.29. The third-order valence-electron chi connectivity index (χ3n) is 1.34. The molecule has 0 atom stereocenters. The van der Waals surface area contributed by atoms with E-state index in [9.17, 15) is 4.79 Å². The van der Waals surface area contributed by atoms with Gasteiger partial charge in [-0.15, -0.1) is 21.8 Å². The number of aromatic nitrogens is 2. The average Bonchev–Trinajstić information content (AvgIpc) is 2.52. The fourth-order valence-corrected chi connectivity index (χ4v) is 1.58. The Morgan fingerprint density at radius 1 is 1.62 bits per heavy atom. The van der Waals surface area contributed by atoms with E-state index in [-0.39, 0.29) is 5.91 Å². The molecule has 1 N–H and O–H groups in total. The van der Waals surface area contributed by atoms with Crippen molar-refractivity contribution in [2.45, 2.75) is 19.8 Å². The summed E-state index contributed by atoms with van der Waals surface area (Å²) in [5, 5.41) is 11.8. The molecule has 4 nitrogen and oxygen atoms in total. The third kappa shape index (κ3) is 3.28. The molecule has 0 saturated carbocycles. The largest absolute Gasteiger partial charge is 0.300 e. The zero-order chi connectivity index (χ0) is 9.68. The molecule has 0 aromatic carbocycles. The van der Waals surface area contributed by atoms with E-state index < -0.39 is 0 Å². The minimum absolute atomic E-state index is 0.117. The molecule has 1 aromatic heterocycles. The Hall–Kier alpha value is -0.680. The van der Waals surface area contributed by atoms with Crippen molar-refractivity contribution < 1.29 is 4.79 Å². The van der Waals surface area contributed by atoms with E-state index in [1.165, 1.54) is 11.3 Å². The van der Waals surface area contributed by atoms with E-state index in [4.69, 9.17) is 11.6 Å². The van der Waals surface area contributed by atoms with Crippen molar-refractivity contribution in [2.24, 2.45) is 0 Å². The lowest BCUT2D eigenvalue weighted by molar-refractivity contribution is -0.115. The van der Waals surface area contributed by atoms with Crippen molar-refractivity contribution in [3.05, 3.63) is 5.01 Å². The number of alkyl halides is 1. The van der Waals surface area contributed by atoms with Gasteiger partial charge in [-0.3, -0.25) is 4.79 Å². The summed E-state index contributed by atoms with van der Waals surface area (Å²) in [5.74, 6) is 0.208. The number of hydrogen-bond donors (Lipinski definition) is 1. The van der Waals surface area contributed by atoms with Gasteiger partial charge in [0, 0.05) is 12.3 Å². The zero-order valence-electron chi connectivity index (χ0n) is 7.21. The summed E-state index contributed by atoms with van der Waals surface area (Å²) in [6.07, 6.45) is 1.14. The number of nitrogens with zero attached hydrogens (tertiary/aromatic N) is 2. The van der Waals surface area contributed by atoms with Gasteiger partial charge in [0.1, 0.15) is 5.01 Å². The smallest absolute Gasteiger partial charge is 0.227 e. The second-order valence-corrected chi connectivity index (χ2v) is 3.78. The molecular formula is C7H10ClN3OS. The quantitative estimate of drug-likeness (QED) is 0.784. The number of anilines is 1. The highest BCUT2D eigenvalue weighted by atomic mass is 35.5. The van der Waals surface area contributed by atoms with Crippen LogP contribution in [0.5, 0.6) is 0 Å². The first-order valence-electron chi connectivity index (χ1n) is 3.94. The number of hydrogen-bond acceptors (Lipinski definition) is 4. The van der Waals surface area contributed by atoms with E-state index >= 15 is 0 Å². The van der Waals surface area contributed by atoms with E-state index in [2.05, 4.69) is 15.5 Å². The van der Waals surface area contributed by atoms with Crippen molar-refractivity contribution in [3.63, 3.8) is 0 Å². The number of nitrogens with one attached hydrogen (secondary N) is 1. The fourth-order valence-electron chi connectivity index (χ4n) is 0.715. The average molecular weight is 220 g/mol. The molecule has 1 heterocycles. The Balaban J connectivity index is 2.49. The predicted octanol–water partition coefficient (Wildman–Crippen LogP) is 1.67. The summed E-state index contributed by atoms with van der Waals surface area (Å²) in [5.41, 5.74) is 0. The van der Waals surface area contributed by atoms with Crippen LogP contribution in [0.25, 0.3) is 0 Å². The van der Waals surface area contributed by atoms with Crippen LogP contribution in [0.3, 0.4) is 0 Å². The van der Waals surface area contributed by atoms with Crippen LogP contribution < -0.4 is 5.32 Å². The lowest BCUT2D eigenvalue weighted by atomic mass is 10.5. The molecule has 0 spiro atoms. The third-order valence-corrected chi connectivity index (χ3v) is 2.51. The number of rotatable bonds is 4. The van der Waals surface area contributed by atoms with Gasteiger partial charge < -0.3 is 5.32 Å². The van der Waals surface area contributed by atoms with Gasteiger partial charge >= 0.3 is 0 Å². The van der Waals surface area contributed by atoms with Crippen LogP contribution in [0.1, 0.15) is 18.4 Å². The van der Waals surface area contributed by atoms with Gasteiger partial charge in [0.05, 0.1) is 0 Å². The topological polar surface area (TPSA) is 54.9 Å². The molecule has 0 radical (unpaired) electrons. The maximum Gasteiger partial charge on any atom is 0.227 e. The van der Waals surface area contributed by atoms with Crippen LogP contribution in [-0.4, -0.2) is 22.0 Å². The number of carbonyl (C=O) groups excluding carboxylic acids is 1. The van der Waals surface area contributed by atoms with Crippen LogP contribution in [-0.2, 0) is 11.2 Å². The fraction of sp³-hybridized carbons (Fsp3) is 0.571. The second kappa shape index (κ2) is 5.14. The molecule has 0 unspecified atom stereocenters. The molecular weight excluding hydrogens is 210 g/mol. The molecule has 0 aliphatic carbocycles. The number of amides is 1. The highest BCUT2D eigenvalue weighted by molar-refractivity contribution is 7.15. The standard InChI is InChI=1S/C7H10ClN3OS/c1-2-6-10-11-7(13-6)9-5(12)3-4-8/h2-4H2,1H3,(H,9,11,12). The lowest BCUT2D eigenvalue weighted by Crippen LogP contribution is -2.11. The molecule has 13 heavy (non-hydrogen) atoms. The Labute approximate surface area is 85.3 Å². The van der Waals surface area contributed by atoms with E-state index in [1.54, 1.807) is 0 Å². The van der Waals surface area contributed by atoms with Gasteiger partial charge in [0.15, 0.2) is 0 Å². The number of halogens is 1. The van der Waals surface area contributed by atoms with E-state index in [1.807, 2.05) is 6.92 Å². The van der Waals surface area contributed by atoms with Crippen LogP contribution in [0.15, 0.2) is 0 Å². The maximum atomic E-state index is 11.1. The summed E-state index contributed by atoms with van der Waals surface area (Å²) in [6.45, 7) is 1.99.